The molecule has 0 amide bonds. The van der Waals surface area contributed by atoms with Crippen molar-refractivity contribution in [2.45, 2.75) is 31.2 Å². The highest BCUT2D eigenvalue weighted by Crippen LogP contribution is 2.28. The zero-order chi connectivity index (χ0) is 13.7. The number of benzene rings is 1. The fraction of sp³-hybridized carbons (Fsp3) is 0.286. The van der Waals surface area contributed by atoms with Gasteiger partial charge in [0.2, 0.25) is 0 Å². The normalized spacial score (nSPS) is 10.4. The Balaban J connectivity index is 1.87. The van der Waals surface area contributed by atoms with Gasteiger partial charge >= 0.3 is 5.30 Å². The van der Waals surface area contributed by atoms with Gasteiger partial charge in [-0.1, -0.05) is 37.3 Å². The fourth-order valence-electron chi connectivity index (χ4n) is 1.59. The van der Waals surface area contributed by atoms with Crippen molar-refractivity contribution in [1.29, 1.82) is 0 Å². The first kappa shape index (κ1) is 14.1. The van der Waals surface area contributed by atoms with Crippen LogP contribution in [0.15, 0.2) is 34.7 Å². The molecule has 3 nitrogen and oxygen atoms in total. The van der Waals surface area contributed by atoms with Crippen LogP contribution in [0.3, 0.4) is 0 Å². The number of thioether (sulfide) groups is 1. The first-order chi connectivity index (χ1) is 9.19. The van der Waals surface area contributed by atoms with E-state index in [0.29, 0.717) is 6.61 Å². The van der Waals surface area contributed by atoms with Crippen LogP contribution in [0.4, 0.5) is 4.79 Å². The maximum Gasteiger partial charge on any atom is 0.374 e. The summed E-state index contributed by atoms with van der Waals surface area (Å²) in [6, 6.07) is 9.65. The molecule has 0 atom stereocenters. The third kappa shape index (κ3) is 4.08. The molecule has 0 bridgehead atoms. The van der Waals surface area contributed by atoms with Crippen LogP contribution in [-0.4, -0.2) is 10.3 Å². The molecule has 100 valence electrons. The quantitative estimate of drug-likeness (QED) is 0.617. The lowest BCUT2D eigenvalue weighted by molar-refractivity contribution is 0.168. The number of hydrogen-bond donors (Lipinski definition) is 0. The van der Waals surface area contributed by atoms with Gasteiger partial charge in [-0.2, -0.15) is 0 Å². The maximum absolute atomic E-state index is 11.7. The summed E-state index contributed by atoms with van der Waals surface area (Å²) < 4.78 is 5.96. The standard InChI is InChI=1S/C14H15NO2S2/c1-3-12-10(2)18-13(15-12)19-14(16)17-9-11-7-5-4-6-8-11/h4-8H,3,9H2,1-2H3. The van der Waals surface area contributed by atoms with Gasteiger partial charge in [-0.05, 0) is 18.9 Å². The molecule has 0 aliphatic heterocycles. The van der Waals surface area contributed by atoms with E-state index in [9.17, 15) is 4.79 Å². The lowest BCUT2D eigenvalue weighted by Crippen LogP contribution is -1.97. The Kier molecular flexibility index (Phi) is 4.99. The number of hydrogen-bond acceptors (Lipinski definition) is 5. The van der Waals surface area contributed by atoms with Crippen molar-refractivity contribution in [1.82, 2.24) is 4.98 Å². The molecule has 0 aliphatic carbocycles. The third-order valence-electron chi connectivity index (χ3n) is 2.58. The summed E-state index contributed by atoms with van der Waals surface area (Å²) in [4.78, 5) is 17.3. The van der Waals surface area contributed by atoms with Crippen molar-refractivity contribution >= 4 is 28.4 Å². The van der Waals surface area contributed by atoms with Crippen LogP contribution < -0.4 is 0 Å². The van der Waals surface area contributed by atoms with E-state index < -0.39 is 0 Å². The molecule has 0 unspecified atom stereocenters. The second-order valence-electron chi connectivity index (χ2n) is 3.96. The number of ether oxygens (including phenoxy) is 1. The predicted molar refractivity (Wildman–Crippen MR) is 78.7 cm³/mol. The van der Waals surface area contributed by atoms with Gasteiger partial charge in [-0.15, -0.1) is 11.3 Å². The van der Waals surface area contributed by atoms with Crippen LogP contribution in [0.5, 0.6) is 0 Å². The largest absolute Gasteiger partial charge is 0.452 e. The van der Waals surface area contributed by atoms with E-state index in [2.05, 4.69) is 11.9 Å². The van der Waals surface area contributed by atoms with Crippen molar-refractivity contribution in [2.75, 3.05) is 0 Å². The summed E-state index contributed by atoms with van der Waals surface area (Å²) in [5.41, 5.74) is 2.05. The summed E-state index contributed by atoms with van der Waals surface area (Å²) in [6.07, 6.45) is 0.891. The van der Waals surface area contributed by atoms with E-state index in [1.807, 2.05) is 37.3 Å². The van der Waals surface area contributed by atoms with E-state index >= 15 is 0 Å². The molecule has 0 spiro atoms. The molecule has 0 radical (unpaired) electrons. The predicted octanol–water partition coefficient (Wildman–Crippen LogP) is 4.44. The summed E-state index contributed by atoms with van der Waals surface area (Å²) in [6.45, 7) is 4.39. The molecular weight excluding hydrogens is 278 g/mol. The lowest BCUT2D eigenvalue weighted by Gasteiger charge is -2.02. The Bertz CT molecular complexity index is 552. The first-order valence-electron chi connectivity index (χ1n) is 6.04. The molecular formula is C14H15NO2S2. The Morgan fingerprint density at radius 3 is 2.74 bits per heavy atom. The molecule has 0 saturated carbocycles. The number of carbonyl (C=O) groups is 1. The van der Waals surface area contributed by atoms with E-state index in [0.717, 1.165) is 33.8 Å². The van der Waals surface area contributed by atoms with Crippen molar-refractivity contribution in [3.05, 3.63) is 46.5 Å². The Morgan fingerprint density at radius 1 is 1.37 bits per heavy atom. The smallest absolute Gasteiger partial charge is 0.374 e. The highest BCUT2D eigenvalue weighted by molar-refractivity contribution is 8.14. The fourth-order valence-corrected chi connectivity index (χ4v) is 3.48. The lowest BCUT2D eigenvalue weighted by atomic mass is 10.2. The zero-order valence-electron chi connectivity index (χ0n) is 10.9. The van der Waals surface area contributed by atoms with Gasteiger partial charge in [-0.25, -0.2) is 9.78 Å². The summed E-state index contributed by atoms with van der Waals surface area (Å²) in [5.74, 6) is 0. The van der Waals surface area contributed by atoms with Crippen molar-refractivity contribution < 1.29 is 9.53 Å². The molecule has 5 heteroatoms. The van der Waals surface area contributed by atoms with Gasteiger partial charge in [0, 0.05) is 16.6 Å². The molecule has 19 heavy (non-hydrogen) atoms. The number of thiazole rings is 1. The van der Waals surface area contributed by atoms with E-state index in [1.54, 1.807) is 0 Å². The number of carbonyl (C=O) groups excluding carboxylic acids is 1. The minimum atomic E-state index is -0.305. The maximum atomic E-state index is 11.7. The molecule has 1 heterocycles. The monoisotopic (exact) mass is 293 g/mol. The SMILES string of the molecule is CCc1nc(SC(=O)OCc2ccccc2)sc1C. The van der Waals surface area contributed by atoms with Gasteiger partial charge in [0.05, 0.1) is 5.69 Å². The van der Waals surface area contributed by atoms with Gasteiger partial charge in [-0.3, -0.25) is 0 Å². The van der Waals surface area contributed by atoms with Crippen molar-refractivity contribution in [2.24, 2.45) is 0 Å². The average molecular weight is 293 g/mol. The van der Waals surface area contributed by atoms with Crippen molar-refractivity contribution in [3.8, 4) is 0 Å². The Hall–Kier alpha value is -1.33. The Labute approximate surface area is 121 Å². The van der Waals surface area contributed by atoms with Gasteiger partial charge in [0.25, 0.3) is 0 Å². The molecule has 0 N–H and O–H groups in total. The van der Waals surface area contributed by atoms with Crippen LogP contribution in [0, 0.1) is 6.92 Å². The van der Waals surface area contributed by atoms with E-state index in [-0.39, 0.29) is 5.30 Å². The minimum Gasteiger partial charge on any atom is -0.452 e. The molecule has 0 saturated heterocycles. The van der Waals surface area contributed by atoms with Gasteiger partial charge < -0.3 is 4.74 Å². The molecule has 2 aromatic rings. The van der Waals surface area contributed by atoms with Crippen LogP contribution in [0.2, 0.25) is 0 Å². The van der Waals surface area contributed by atoms with Crippen LogP contribution in [0.1, 0.15) is 23.1 Å². The Morgan fingerprint density at radius 2 is 2.11 bits per heavy atom. The summed E-state index contributed by atoms with van der Waals surface area (Å²) in [7, 11) is 0. The van der Waals surface area contributed by atoms with E-state index in [4.69, 9.17) is 4.74 Å². The number of nitrogens with zero attached hydrogens (tertiary/aromatic N) is 1. The number of aromatic nitrogens is 1. The third-order valence-corrected chi connectivity index (χ3v) is 4.44. The summed E-state index contributed by atoms with van der Waals surface area (Å²) >= 11 is 2.60. The molecule has 1 aromatic carbocycles. The second kappa shape index (κ2) is 6.73. The van der Waals surface area contributed by atoms with Crippen molar-refractivity contribution in [3.63, 3.8) is 0 Å². The number of rotatable bonds is 4. The molecule has 1 aromatic heterocycles. The molecule has 0 aliphatic rings. The second-order valence-corrected chi connectivity index (χ2v) is 6.35. The first-order valence-corrected chi connectivity index (χ1v) is 7.67. The average Bonchev–Trinajstić information content (AvgIpc) is 2.77. The minimum absolute atomic E-state index is 0.303. The van der Waals surface area contributed by atoms with Crippen LogP contribution in [0.25, 0.3) is 0 Å². The zero-order valence-corrected chi connectivity index (χ0v) is 12.5. The number of aryl methyl sites for hydroxylation is 2. The van der Waals surface area contributed by atoms with Gasteiger partial charge in [0.15, 0.2) is 4.34 Å². The molecule has 0 fully saturated rings. The summed E-state index contributed by atoms with van der Waals surface area (Å²) in [5, 5.41) is -0.305. The van der Waals surface area contributed by atoms with Crippen LogP contribution >= 0.6 is 23.1 Å². The molecule has 2 rings (SSSR count). The topological polar surface area (TPSA) is 39.2 Å². The highest BCUT2D eigenvalue weighted by Gasteiger charge is 2.12. The van der Waals surface area contributed by atoms with E-state index in [1.165, 1.54) is 16.2 Å². The highest BCUT2D eigenvalue weighted by atomic mass is 32.2. The van der Waals surface area contributed by atoms with Crippen LogP contribution in [-0.2, 0) is 17.8 Å². The van der Waals surface area contributed by atoms with Gasteiger partial charge in [0.1, 0.15) is 6.61 Å².